The summed E-state index contributed by atoms with van der Waals surface area (Å²) in [6, 6.07) is 13.3. The summed E-state index contributed by atoms with van der Waals surface area (Å²) < 4.78 is 0. The summed E-state index contributed by atoms with van der Waals surface area (Å²) in [4.78, 5) is 36.5. The maximum atomic E-state index is 12.8. The quantitative estimate of drug-likeness (QED) is 0.660. The average Bonchev–Trinajstić information content (AvgIpc) is 2.59. The van der Waals surface area contributed by atoms with Crippen LogP contribution in [-0.2, 0) is 16.1 Å². The molecule has 130 valence electrons. The lowest BCUT2D eigenvalue weighted by molar-refractivity contribution is -0.149. The number of carboxylic acids is 2. The molecule has 2 rings (SSSR count). The molecule has 1 unspecified atom stereocenters. The first-order valence-corrected chi connectivity index (χ1v) is 7.53. The molecule has 0 aromatic heterocycles. The summed E-state index contributed by atoms with van der Waals surface area (Å²) in [6.07, 6.45) is -0.692. The van der Waals surface area contributed by atoms with Crippen molar-refractivity contribution < 1.29 is 24.6 Å². The van der Waals surface area contributed by atoms with E-state index in [2.05, 4.69) is 0 Å². The minimum atomic E-state index is -1.48. The molecule has 2 aromatic carbocycles. The van der Waals surface area contributed by atoms with Crippen molar-refractivity contribution in [1.29, 1.82) is 0 Å². The number of carbonyl (C=O) groups is 3. The standard InChI is InChI=1S/C18H18N2O5/c19-14-8-6-12(7-9-14)11-20(15(18(24)25)10-16(21)22)17(23)13-4-2-1-3-5-13/h1-9,15H,10-11,19H2,(H,21,22)(H,24,25). The number of rotatable bonds is 7. The zero-order chi connectivity index (χ0) is 18.4. The van der Waals surface area contributed by atoms with E-state index in [1.807, 2.05) is 0 Å². The van der Waals surface area contributed by atoms with Gasteiger partial charge in [-0.15, -0.1) is 0 Å². The molecule has 0 aliphatic carbocycles. The molecular weight excluding hydrogens is 324 g/mol. The van der Waals surface area contributed by atoms with E-state index in [-0.39, 0.29) is 12.1 Å². The van der Waals surface area contributed by atoms with Gasteiger partial charge in [-0.3, -0.25) is 9.59 Å². The lowest BCUT2D eigenvalue weighted by atomic mass is 10.1. The summed E-state index contributed by atoms with van der Waals surface area (Å²) in [5.41, 5.74) is 7.10. The number of anilines is 1. The highest BCUT2D eigenvalue weighted by atomic mass is 16.4. The van der Waals surface area contributed by atoms with Gasteiger partial charge < -0.3 is 20.8 Å². The van der Waals surface area contributed by atoms with Gasteiger partial charge in [-0.25, -0.2) is 4.79 Å². The number of carboxylic acid groups (broad SMARTS) is 2. The molecular formula is C18H18N2O5. The van der Waals surface area contributed by atoms with Crippen LogP contribution in [0.15, 0.2) is 54.6 Å². The Balaban J connectivity index is 2.38. The fraction of sp³-hybridized carbons (Fsp3) is 0.167. The SMILES string of the molecule is Nc1ccc(CN(C(=O)c2ccccc2)C(CC(=O)O)C(=O)O)cc1. The lowest BCUT2D eigenvalue weighted by Gasteiger charge is -2.28. The largest absolute Gasteiger partial charge is 0.481 e. The van der Waals surface area contributed by atoms with Crippen molar-refractivity contribution in [2.45, 2.75) is 19.0 Å². The molecule has 1 atom stereocenters. The maximum absolute atomic E-state index is 12.8. The van der Waals surface area contributed by atoms with E-state index in [0.717, 1.165) is 4.90 Å². The van der Waals surface area contributed by atoms with E-state index in [4.69, 9.17) is 10.8 Å². The van der Waals surface area contributed by atoms with Gasteiger partial charge in [-0.1, -0.05) is 30.3 Å². The molecule has 0 aliphatic rings. The number of amides is 1. The number of nitrogens with zero attached hydrogens (tertiary/aromatic N) is 1. The van der Waals surface area contributed by atoms with Crippen LogP contribution in [0.2, 0.25) is 0 Å². The van der Waals surface area contributed by atoms with Gasteiger partial charge in [-0.2, -0.15) is 0 Å². The number of hydrogen-bond donors (Lipinski definition) is 3. The average molecular weight is 342 g/mol. The van der Waals surface area contributed by atoms with Crippen LogP contribution in [0.5, 0.6) is 0 Å². The first-order chi connectivity index (χ1) is 11.9. The van der Waals surface area contributed by atoms with E-state index in [9.17, 15) is 19.5 Å². The molecule has 0 fully saturated rings. The van der Waals surface area contributed by atoms with Gasteiger partial charge in [0.1, 0.15) is 6.04 Å². The Kier molecular flexibility index (Phi) is 5.73. The topological polar surface area (TPSA) is 121 Å². The van der Waals surface area contributed by atoms with Gasteiger partial charge in [0.25, 0.3) is 5.91 Å². The number of hydrogen-bond acceptors (Lipinski definition) is 4. The summed E-state index contributed by atoms with van der Waals surface area (Å²) in [5, 5.41) is 18.5. The van der Waals surface area contributed by atoms with Crippen molar-refractivity contribution in [2.75, 3.05) is 5.73 Å². The third-order valence-corrected chi connectivity index (χ3v) is 3.64. The number of carbonyl (C=O) groups excluding carboxylic acids is 1. The molecule has 7 heteroatoms. The second-order valence-electron chi connectivity index (χ2n) is 5.49. The Bertz CT molecular complexity index is 759. The van der Waals surface area contributed by atoms with Crippen molar-refractivity contribution in [2.24, 2.45) is 0 Å². The predicted octanol–water partition coefficient (Wildman–Crippen LogP) is 1.84. The number of nitrogens with two attached hydrogens (primary N) is 1. The van der Waals surface area contributed by atoms with Crippen LogP contribution in [0.25, 0.3) is 0 Å². The second kappa shape index (κ2) is 7.96. The van der Waals surface area contributed by atoms with Crippen LogP contribution < -0.4 is 5.73 Å². The third kappa shape index (κ3) is 4.81. The minimum absolute atomic E-state index is 0.0434. The van der Waals surface area contributed by atoms with Gasteiger partial charge in [0, 0.05) is 17.8 Å². The molecule has 0 radical (unpaired) electrons. The van der Waals surface area contributed by atoms with E-state index < -0.39 is 30.3 Å². The van der Waals surface area contributed by atoms with E-state index in [1.54, 1.807) is 54.6 Å². The Morgan fingerprint density at radius 3 is 2.08 bits per heavy atom. The number of nitrogen functional groups attached to an aromatic ring is 1. The minimum Gasteiger partial charge on any atom is -0.481 e. The van der Waals surface area contributed by atoms with Crippen LogP contribution in [0, 0.1) is 0 Å². The number of benzene rings is 2. The van der Waals surface area contributed by atoms with Gasteiger partial charge in [0.05, 0.1) is 6.42 Å². The smallest absolute Gasteiger partial charge is 0.327 e. The van der Waals surface area contributed by atoms with Crippen molar-refractivity contribution in [3.63, 3.8) is 0 Å². The van der Waals surface area contributed by atoms with Gasteiger partial charge in [-0.05, 0) is 29.8 Å². The molecule has 0 bridgehead atoms. The van der Waals surface area contributed by atoms with Crippen molar-refractivity contribution in [1.82, 2.24) is 4.90 Å². The third-order valence-electron chi connectivity index (χ3n) is 3.64. The van der Waals surface area contributed by atoms with Crippen LogP contribution in [-0.4, -0.2) is 39.0 Å². The van der Waals surface area contributed by atoms with E-state index in [0.29, 0.717) is 11.3 Å². The van der Waals surface area contributed by atoms with Crippen molar-refractivity contribution >= 4 is 23.5 Å². The predicted molar refractivity (Wildman–Crippen MR) is 90.8 cm³/mol. The normalized spacial score (nSPS) is 11.5. The Labute approximate surface area is 144 Å². The molecule has 0 heterocycles. The summed E-state index contributed by atoms with van der Waals surface area (Å²) in [6.45, 7) is -0.0434. The molecule has 1 amide bonds. The Hall–Kier alpha value is -3.35. The van der Waals surface area contributed by atoms with Crippen LogP contribution in [0.1, 0.15) is 22.3 Å². The summed E-state index contributed by atoms with van der Waals surface area (Å²) in [7, 11) is 0. The molecule has 0 aliphatic heterocycles. The van der Waals surface area contributed by atoms with Crippen LogP contribution in [0.3, 0.4) is 0 Å². The monoisotopic (exact) mass is 342 g/mol. The zero-order valence-electron chi connectivity index (χ0n) is 13.3. The summed E-state index contributed by atoms with van der Waals surface area (Å²) in [5.74, 6) is -3.22. The highest BCUT2D eigenvalue weighted by Gasteiger charge is 2.32. The Morgan fingerprint density at radius 1 is 0.960 bits per heavy atom. The van der Waals surface area contributed by atoms with E-state index >= 15 is 0 Å². The second-order valence-corrected chi connectivity index (χ2v) is 5.49. The van der Waals surface area contributed by atoms with Crippen molar-refractivity contribution in [3.05, 3.63) is 65.7 Å². The molecule has 2 aromatic rings. The molecule has 7 nitrogen and oxygen atoms in total. The Morgan fingerprint density at radius 2 is 1.56 bits per heavy atom. The molecule has 25 heavy (non-hydrogen) atoms. The van der Waals surface area contributed by atoms with Crippen LogP contribution >= 0.6 is 0 Å². The van der Waals surface area contributed by atoms with Gasteiger partial charge >= 0.3 is 11.9 Å². The van der Waals surface area contributed by atoms with E-state index in [1.165, 1.54) is 0 Å². The van der Waals surface area contributed by atoms with Gasteiger partial charge in [0.15, 0.2) is 0 Å². The lowest BCUT2D eigenvalue weighted by Crippen LogP contribution is -2.45. The summed E-state index contributed by atoms with van der Waals surface area (Å²) >= 11 is 0. The maximum Gasteiger partial charge on any atom is 0.327 e. The first kappa shape index (κ1) is 18.0. The van der Waals surface area contributed by atoms with Crippen LogP contribution in [0.4, 0.5) is 5.69 Å². The number of aliphatic carboxylic acids is 2. The first-order valence-electron chi connectivity index (χ1n) is 7.53. The van der Waals surface area contributed by atoms with Crippen molar-refractivity contribution in [3.8, 4) is 0 Å². The van der Waals surface area contributed by atoms with Gasteiger partial charge in [0.2, 0.25) is 0 Å². The molecule has 0 spiro atoms. The molecule has 0 saturated heterocycles. The fourth-order valence-electron chi connectivity index (χ4n) is 2.39. The molecule has 0 saturated carbocycles. The highest BCUT2D eigenvalue weighted by molar-refractivity contribution is 5.97. The zero-order valence-corrected chi connectivity index (χ0v) is 13.3. The highest BCUT2D eigenvalue weighted by Crippen LogP contribution is 2.17. The fourth-order valence-corrected chi connectivity index (χ4v) is 2.39. The molecule has 4 N–H and O–H groups in total.